The number of nitrogens with one attached hydrogen (secondary N) is 1. The van der Waals surface area contributed by atoms with Gasteiger partial charge in [-0.15, -0.1) is 0 Å². The Kier molecular flexibility index (Phi) is 11.4. The summed E-state index contributed by atoms with van der Waals surface area (Å²) in [5.41, 5.74) is 3.56. The number of hydrogen-bond donors (Lipinski definition) is 1. The molecule has 2 amide bonds. The minimum atomic E-state index is -3.52. The number of hydrogen-bond acceptors (Lipinski definition) is 4. The molecule has 0 heterocycles. The molecular weight excluding hydrogens is 474 g/mol. The lowest BCUT2D eigenvalue weighted by atomic mass is 10.1. The number of nitrogens with zero attached hydrogens (tertiary/aromatic N) is 2. The van der Waals surface area contributed by atoms with E-state index in [0.717, 1.165) is 23.1 Å². The van der Waals surface area contributed by atoms with E-state index in [1.54, 1.807) is 4.90 Å². The third kappa shape index (κ3) is 8.66. The van der Waals surface area contributed by atoms with Gasteiger partial charge in [-0.25, -0.2) is 8.42 Å². The zero-order valence-electron chi connectivity index (χ0n) is 22.3. The van der Waals surface area contributed by atoms with Crippen LogP contribution in [0.4, 0.5) is 5.69 Å². The van der Waals surface area contributed by atoms with Crippen LogP contribution in [0.2, 0.25) is 0 Å². The van der Waals surface area contributed by atoms with Crippen molar-refractivity contribution in [1.82, 2.24) is 10.2 Å². The van der Waals surface area contributed by atoms with Gasteiger partial charge in [0.1, 0.15) is 6.04 Å². The predicted octanol–water partition coefficient (Wildman–Crippen LogP) is 4.23. The molecule has 0 aromatic heterocycles. The van der Waals surface area contributed by atoms with Crippen molar-refractivity contribution in [2.75, 3.05) is 30.2 Å². The van der Waals surface area contributed by atoms with Crippen LogP contribution < -0.4 is 9.62 Å². The Labute approximate surface area is 216 Å². The van der Waals surface area contributed by atoms with E-state index in [1.165, 1.54) is 10.6 Å². The van der Waals surface area contributed by atoms with Crippen molar-refractivity contribution in [3.63, 3.8) is 0 Å². The second-order valence-corrected chi connectivity index (χ2v) is 11.2. The van der Waals surface area contributed by atoms with E-state index in [4.69, 9.17) is 0 Å². The predicted molar refractivity (Wildman–Crippen MR) is 147 cm³/mol. The van der Waals surface area contributed by atoms with Crippen LogP contribution in [-0.4, -0.2) is 57.1 Å². The average molecular weight is 516 g/mol. The van der Waals surface area contributed by atoms with E-state index in [9.17, 15) is 18.0 Å². The summed E-state index contributed by atoms with van der Waals surface area (Å²) in [7, 11) is -3.52. The van der Waals surface area contributed by atoms with Crippen LogP contribution in [0, 0.1) is 13.8 Å². The van der Waals surface area contributed by atoms with Crippen molar-refractivity contribution < 1.29 is 18.0 Å². The Bertz CT molecular complexity index is 1100. The van der Waals surface area contributed by atoms with Crippen molar-refractivity contribution in [1.29, 1.82) is 0 Å². The van der Waals surface area contributed by atoms with Gasteiger partial charge in [0, 0.05) is 26.1 Å². The molecule has 7 nitrogen and oxygen atoms in total. The lowest BCUT2D eigenvalue weighted by molar-refractivity contribution is -0.140. The van der Waals surface area contributed by atoms with Crippen molar-refractivity contribution in [3.8, 4) is 0 Å². The van der Waals surface area contributed by atoms with E-state index in [2.05, 4.69) is 5.32 Å². The Morgan fingerprint density at radius 2 is 1.69 bits per heavy atom. The lowest BCUT2D eigenvalue weighted by Crippen LogP contribution is -2.50. The first-order chi connectivity index (χ1) is 17.1. The van der Waals surface area contributed by atoms with E-state index >= 15 is 0 Å². The van der Waals surface area contributed by atoms with Crippen LogP contribution >= 0.6 is 0 Å². The zero-order valence-corrected chi connectivity index (χ0v) is 23.1. The number of sulfonamides is 1. The highest BCUT2D eigenvalue weighted by atomic mass is 32.2. The topological polar surface area (TPSA) is 86.8 Å². The Morgan fingerprint density at radius 3 is 2.31 bits per heavy atom. The van der Waals surface area contributed by atoms with Crippen molar-refractivity contribution in [3.05, 3.63) is 65.2 Å². The fraction of sp³-hybridized carbons (Fsp3) is 0.500. The molecule has 0 aliphatic heterocycles. The van der Waals surface area contributed by atoms with Crippen molar-refractivity contribution in [2.45, 2.75) is 65.8 Å². The first-order valence-electron chi connectivity index (χ1n) is 12.7. The number of rotatable bonds is 14. The maximum atomic E-state index is 13.4. The van der Waals surface area contributed by atoms with E-state index in [-0.39, 0.29) is 24.8 Å². The summed E-state index contributed by atoms with van der Waals surface area (Å²) in [6, 6.07) is 15.0. The highest BCUT2D eigenvalue weighted by Crippen LogP contribution is 2.24. The Hall–Kier alpha value is -2.87. The molecule has 36 heavy (non-hydrogen) atoms. The molecule has 0 aliphatic rings. The molecule has 1 N–H and O–H groups in total. The number of aryl methyl sites for hydroxylation is 2. The van der Waals surface area contributed by atoms with Crippen LogP contribution in [0.3, 0.4) is 0 Å². The quantitative estimate of drug-likeness (QED) is 0.408. The highest BCUT2D eigenvalue weighted by Gasteiger charge is 2.28. The second kappa shape index (κ2) is 14.0. The number of anilines is 1. The standard InChI is InChI=1S/C28H41N3O4S/c1-6-18-29-28(33)25(7-2)30(20-17-24-12-9-8-10-13-24)27(32)14-11-19-31(36(5,34)35)26-21-22(3)15-16-23(26)4/h8-10,12-13,15-16,21,25H,6-7,11,14,17-20H2,1-5H3,(H,29,33)/t25-/m1/s1. The molecule has 198 valence electrons. The molecule has 2 aromatic carbocycles. The molecule has 0 fully saturated rings. The number of benzene rings is 2. The molecular formula is C28H41N3O4S. The van der Waals surface area contributed by atoms with Crippen molar-refractivity contribution >= 4 is 27.5 Å². The molecule has 0 radical (unpaired) electrons. The summed E-state index contributed by atoms with van der Waals surface area (Å²) >= 11 is 0. The van der Waals surface area contributed by atoms with Crippen LogP contribution in [0.25, 0.3) is 0 Å². The normalized spacial score (nSPS) is 12.1. The van der Waals surface area contributed by atoms with Crippen LogP contribution in [0.5, 0.6) is 0 Å². The third-order valence-corrected chi connectivity index (χ3v) is 7.38. The second-order valence-electron chi connectivity index (χ2n) is 9.27. The zero-order chi connectivity index (χ0) is 26.7. The fourth-order valence-corrected chi connectivity index (χ4v) is 5.25. The summed E-state index contributed by atoms with van der Waals surface area (Å²) < 4.78 is 26.5. The summed E-state index contributed by atoms with van der Waals surface area (Å²) in [6.07, 6.45) is 3.67. The maximum Gasteiger partial charge on any atom is 0.242 e. The van der Waals surface area contributed by atoms with Gasteiger partial charge >= 0.3 is 0 Å². The number of amides is 2. The van der Waals surface area contributed by atoms with E-state index < -0.39 is 16.1 Å². The minimum absolute atomic E-state index is 0.140. The molecule has 0 spiro atoms. The SMILES string of the molecule is CCCNC(=O)[C@@H](CC)N(CCc1ccccc1)C(=O)CCCN(c1cc(C)ccc1C)S(C)(=O)=O. The first kappa shape index (κ1) is 29.4. The van der Waals surface area contributed by atoms with Gasteiger partial charge in [0.2, 0.25) is 21.8 Å². The molecule has 0 saturated carbocycles. The molecule has 8 heteroatoms. The van der Waals surface area contributed by atoms with Gasteiger partial charge in [0.25, 0.3) is 0 Å². The van der Waals surface area contributed by atoms with Gasteiger partial charge in [0.15, 0.2) is 0 Å². The Morgan fingerprint density at radius 1 is 1.00 bits per heavy atom. The van der Waals surface area contributed by atoms with Gasteiger partial charge < -0.3 is 10.2 Å². The van der Waals surface area contributed by atoms with Crippen LogP contribution in [0.1, 0.15) is 56.2 Å². The monoisotopic (exact) mass is 515 g/mol. The van der Waals surface area contributed by atoms with Crippen LogP contribution in [-0.2, 0) is 26.0 Å². The number of carbonyl (C=O) groups is 2. The Balaban J connectivity index is 2.17. The average Bonchev–Trinajstić information content (AvgIpc) is 2.84. The van der Waals surface area contributed by atoms with E-state index in [1.807, 2.05) is 76.2 Å². The number of carbonyl (C=O) groups excluding carboxylic acids is 2. The van der Waals surface area contributed by atoms with Gasteiger partial charge in [-0.2, -0.15) is 0 Å². The third-order valence-electron chi connectivity index (χ3n) is 6.20. The molecule has 0 saturated heterocycles. The smallest absolute Gasteiger partial charge is 0.242 e. The summed E-state index contributed by atoms with van der Waals surface area (Å²) in [6.45, 7) is 8.88. The summed E-state index contributed by atoms with van der Waals surface area (Å²) in [5.74, 6) is -0.284. The summed E-state index contributed by atoms with van der Waals surface area (Å²) in [4.78, 5) is 27.9. The van der Waals surface area contributed by atoms with Gasteiger partial charge in [-0.05, 0) is 62.3 Å². The van der Waals surface area contributed by atoms with Crippen molar-refractivity contribution in [2.24, 2.45) is 0 Å². The lowest BCUT2D eigenvalue weighted by Gasteiger charge is -2.31. The minimum Gasteiger partial charge on any atom is -0.354 e. The molecule has 2 rings (SSSR count). The van der Waals surface area contributed by atoms with E-state index in [0.29, 0.717) is 38.0 Å². The summed E-state index contributed by atoms with van der Waals surface area (Å²) in [5, 5.41) is 2.92. The molecule has 1 atom stereocenters. The van der Waals surface area contributed by atoms with Gasteiger partial charge in [-0.1, -0.05) is 56.3 Å². The molecule has 0 aliphatic carbocycles. The van der Waals surface area contributed by atoms with Crippen LogP contribution in [0.15, 0.2) is 48.5 Å². The molecule has 0 unspecified atom stereocenters. The molecule has 0 bridgehead atoms. The van der Waals surface area contributed by atoms with Gasteiger partial charge in [-0.3, -0.25) is 13.9 Å². The molecule has 2 aromatic rings. The fourth-order valence-electron chi connectivity index (χ4n) is 4.23. The van der Waals surface area contributed by atoms with Gasteiger partial charge in [0.05, 0.1) is 11.9 Å². The largest absolute Gasteiger partial charge is 0.354 e. The first-order valence-corrected chi connectivity index (χ1v) is 14.6. The maximum absolute atomic E-state index is 13.4. The highest BCUT2D eigenvalue weighted by molar-refractivity contribution is 7.92.